The van der Waals surface area contributed by atoms with E-state index in [1.54, 1.807) is 51.5 Å². The largest absolute Gasteiger partial charge is 0.493 e. The first kappa shape index (κ1) is 42.3. The quantitative estimate of drug-likeness (QED) is 0.0372. The lowest BCUT2D eigenvalue weighted by Gasteiger charge is -2.29. The number of nitrogens with zero attached hydrogens (tertiary/aromatic N) is 4. The zero-order chi connectivity index (χ0) is 41.6. The molecule has 1 aliphatic heterocycles. The van der Waals surface area contributed by atoms with E-state index in [0.717, 1.165) is 66.6 Å². The van der Waals surface area contributed by atoms with Crippen LogP contribution in [0.4, 0.5) is 28.4 Å². The highest BCUT2D eigenvalue weighted by Gasteiger charge is 2.19. The molecule has 14 nitrogen and oxygen atoms in total. The van der Waals surface area contributed by atoms with Crippen LogP contribution in [-0.4, -0.2) is 78.1 Å². The van der Waals surface area contributed by atoms with E-state index in [1.807, 2.05) is 89.1 Å². The van der Waals surface area contributed by atoms with Crippen LogP contribution >= 0.6 is 0 Å². The Hall–Kier alpha value is -6.83. The van der Waals surface area contributed by atoms with Gasteiger partial charge in [-0.15, -0.1) is 0 Å². The molecule has 1 unspecified atom stereocenters. The molecule has 0 radical (unpaired) electrons. The summed E-state index contributed by atoms with van der Waals surface area (Å²) in [7, 11) is 7.07. The zero-order valence-corrected chi connectivity index (χ0v) is 33.7. The number of benzene rings is 3. The summed E-state index contributed by atoms with van der Waals surface area (Å²) in [5.74, 6) is 0.866. The number of unbranched alkanes of at least 4 members (excludes halogenated alkanes) is 1. The molecule has 14 heteroatoms. The molecular weight excluding hydrogens is 737 g/mol. The van der Waals surface area contributed by atoms with Gasteiger partial charge in [0.25, 0.3) is 11.8 Å². The lowest BCUT2D eigenvalue weighted by molar-refractivity contribution is -0.119. The lowest BCUT2D eigenvalue weighted by atomic mass is 10.0. The molecule has 1 aliphatic rings. The molecule has 3 aromatic carbocycles. The van der Waals surface area contributed by atoms with E-state index in [0.29, 0.717) is 59.4 Å². The third-order valence-corrected chi connectivity index (χ3v) is 9.73. The van der Waals surface area contributed by atoms with Gasteiger partial charge < -0.3 is 50.0 Å². The number of hydrogen-bond acceptors (Lipinski definition) is 9. The number of ether oxygens (including phenoxy) is 2. The first-order chi connectivity index (χ1) is 28.0. The van der Waals surface area contributed by atoms with Crippen LogP contribution in [0, 0.1) is 6.92 Å². The van der Waals surface area contributed by atoms with Gasteiger partial charge in [-0.05, 0) is 98.3 Å². The number of aliphatic imine (C=N–C) groups is 1. The number of anilines is 4. The number of likely N-dealkylation sites (tertiary alicyclic amines) is 1. The van der Waals surface area contributed by atoms with Gasteiger partial charge in [0, 0.05) is 81.4 Å². The molecule has 1 fully saturated rings. The Morgan fingerprint density at radius 2 is 1.50 bits per heavy atom. The van der Waals surface area contributed by atoms with Crippen molar-refractivity contribution in [2.24, 2.45) is 19.1 Å². The number of rotatable bonds is 15. The minimum atomic E-state index is -0.207. The van der Waals surface area contributed by atoms with Gasteiger partial charge in [-0.2, -0.15) is 0 Å². The van der Waals surface area contributed by atoms with Crippen molar-refractivity contribution in [1.82, 2.24) is 14.0 Å². The molecule has 0 spiro atoms. The van der Waals surface area contributed by atoms with E-state index < -0.39 is 0 Å². The van der Waals surface area contributed by atoms with E-state index in [9.17, 15) is 19.2 Å². The average molecular weight is 789 g/mol. The van der Waals surface area contributed by atoms with E-state index >= 15 is 0 Å². The van der Waals surface area contributed by atoms with Crippen LogP contribution in [0.1, 0.15) is 58.6 Å². The molecule has 0 saturated carbocycles. The number of aldehydes is 1. The monoisotopic (exact) mass is 788 g/mol. The number of nitrogens with two attached hydrogens (primary N) is 1. The normalized spacial score (nSPS) is 13.6. The fraction of sp³-hybridized carbons (Fsp3) is 0.295. The van der Waals surface area contributed by atoms with Gasteiger partial charge in [0.2, 0.25) is 6.41 Å². The maximum Gasteiger partial charge on any atom is 0.272 e. The second-order valence-electron chi connectivity index (χ2n) is 13.9. The van der Waals surface area contributed by atoms with E-state index in [4.69, 9.17) is 15.2 Å². The fourth-order valence-corrected chi connectivity index (χ4v) is 6.43. The highest BCUT2D eigenvalue weighted by molar-refractivity contribution is 6.05. The summed E-state index contributed by atoms with van der Waals surface area (Å²) >= 11 is 0. The Bertz CT molecular complexity index is 2210. The van der Waals surface area contributed by atoms with Crippen molar-refractivity contribution in [2.45, 2.75) is 45.1 Å². The van der Waals surface area contributed by atoms with Crippen molar-refractivity contribution < 1.29 is 28.7 Å². The van der Waals surface area contributed by atoms with E-state index in [2.05, 4.69) is 20.9 Å². The third-order valence-electron chi connectivity index (χ3n) is 9.73. The SMILES string of the molecule is CNc1cc(C(=O)Nc2ccc(-c3cc(C(=O)Nc4ccc(N)cc4)n(C)c3)cc2)n(C)c1.COc1cc(C)c(N=CC2CCCCN2C=O)cc1OCCCC=O. The predicted molar refractivity (Wildman–Crippen MR) is 230 cm³/mol. The van der Waals surface area contributed by atoms with Crippen LogP contribution in [0.5, 0.6) is 11.5 Å². The summed E-state index contributed by atoms with van der Waals surface area (Å²) in [6, 6.07) is 21.9. The third kappa shape index (κ3) is 11.1. The Labute approximate surface area is 339 Å². The van der Waals surface area contributed by atoms with Crippen molar-refractivity contribution in [1.29, 1.82) is 0 Å². The molecule has 1 saturated heterocycles. The number of nitrogen functional groups attached to an aromatic ring is 1. The lowest BCUT2D eigenvalue weighted by Crippen LogP contribution is -2.39. The molecule has 304 valence electrons. The van der Waals surface area contributed by atoms with Crippen molar-refractivity contribution in [3.05, 3.63) is 102 Å². The molecule has 3 heterocycles. The first-order valence-electron chi connectivity index (χ1n) is 19.1. The molecule has 3 amide bonds. The molecule has 6 rings (SSSR count). The van der Waals surface area contributed by atoms with Crippen LogP contribution in [0.2, 0.25) is 0 Å². The van der Waals surface area contributed by atoms with Crippen LogP contribution in [0.15, 0.2) is 90.2 Å². The van der Waals surface area contributed by atoms with Gasteiger partial charge in [0.1, 0.15) is 17.7 Å². The maximum atomic E-state index is 12.7. The van der Waals surface area contributed by atoms with Crippen molar-refractivity contribution >= 4 is 59.2 Å². The molecule has 0 aliphatic carbocycles. The van der Waals surface area contributed by atoms with Gasteiger partial charge in [0.05, 0.1) is 31.1 Å². The number of methoxy groups -OCH3 is 1. The summed E-state index contributed by atoms with van der Waals surface area (Å²) < 4.78 is 14.7. The summed E-state index contributed by atoms with van der Waals surface area (Å²) in [5, 5.41) is 8.82. The van der Waals surface area contributed by atoms with Gasteiger partial charge in [-0.1, -0.05) is 12.1 Å². The Kier molecular flexibility index (Phi) is 14.9. The highest BCUT2D eigenvalue weighted by Crippen LogP contribution is 2.35. The van der Waals surface area contributed by atoms with Crippen molar-refractivity contribution in [3.63, 3.8) is 0 Å². The first-order valence-corrected chi connectivity index (χ1v) is 19.1. The van der Waals surface area contributed by atoms with Gasteiger partial charge in [0.15, 0.2) is 11.5 Å². The summed E-state index contributed by atoms with van der Waals surface area (Å²) in [6.07, 6.45) is 11.6. The Balaban J connectivity index is 0.000000230. The fourth-order valence-electron chi connectivity index (χ4n) is 6.43. The van der Waals surface area contributed by atoms with Crippen molar-refractivity contribution in [2.75, 3.05) is 49.0 Å². The van der Waals surface area contributed by atoms with Gasteiger partial charge in [-0.3, -0.25) is 19.4 Å². The second kappa shape index (κ2) is 20.4. The standard InChI is InChI=1S/C25H26N6O2.C19H26N2O4/c1-27-21-13-23(31(3)15-21)25(33)28-19-8-4-16(5-9-19)17-12-22(30(2)14-17)24(32)29-20-10-6-18(26)7-11-20;1-15-11-18(24-2)19(25-10-6-5-9-22)12-17(15)20-13-16-7-3-4-8-21(16)14-23/h4-15,27H,26H2,1-3H3,(H,28,33)(H,29,32);9,11-14,16H,3-8,10H2,1-2H3. The Morgan fingerprint density at radius 1 is 0.845 bits per heavy atom. The summed E-state index contributed by atoms with van der Waals surface area (Å²) in [5.41, 5.74) is 13.3. The van der Waals surface area contributed by atoms with Crippen LogP contribution in [-0.2, 0) is 23.7 Å². The molecule has 58 heavy (non-hydrogen) atoms. The van der Waals surface area contributed by atoms with E-state index in [-0.39, 0.29) is 17.9 Å². The summed E-state index contributed by atoms with van der Waals surface area (Å²) in [6.45, 7) is 3.19. The number of aryl methyl sites for hydroxylation is 3. The number of carbonyl (C=O) groups excluding carboxylic acids is 4. The minimum Gasteiger partial charge on any atom is -0.493 e. The number of piperidine rings is 1. The molecule has 5 aromatic rings. The van der Waals surface area contributed by atoms with Crippen LogP contribution in [0.25, 0.3) is 11.1 Å². The number of carbonyl (C=O) groups is 4. The zero-order valence-electron chi connectivity index (χ0n) is 33.7. The average Bonchev–Trinajstić information content (AvgIpc) is 3.82. The van der Waals surface area contributed by atoms with Crippen LogP contribution in [0.3, 0.4) is 0 Å². The Morgan fingerprint density at radius 3 is 2.12 bits per heavy atom. The molecule has 5 N–H and O–H groups in total. The maximum absolute atomic E-state index is 12.7. The number of nitrogens with one attached hydrogen (secondary N) is 3. The second-order valence-corrected chi connectivity index (χ2v) is 13.9. The number of hydrogen-bond donors (Lipinski definition) is 4. The highest BCUT2D eigenvalue weighted by atomic mass is 16.5. The number of amides is 3. The van der Waals surface area contributed by atoms with Gasteiger partial charge in [-0.25, -0.2) is 0 Å². The molecule has 1 atom stereocenters. The van der Waals surface area contributed by atoms with Crippen LogP contribution < -0.4 is 31.2 Å². The predicted octanol–water partition coefficient (Wildman–Crippen LogP) is 7.23. The van der Waals surface area contributed by atoms with Gasteiger partial charge >= 0.3 is 0 Å². The summed E-state index contributed by atoms with van der Waals surface area (Å²) in [4.78, 5) is 53.2. The molecule has 2 aromatic heterocycles. The smallest absolute Gasteiger partial charge is 0.272 e. The minimum absolute atomic E-state index is 0.0460. The topological polar surface area (TPSA) is 174 Å². The number of aromatic nitrogens is 2. The molecule has 0 bridgehead atoms. The molecular formula is C44H52N8O6. The van der Waals surface area contributed by atoms with Crippen molar-refractivity contribution in [3.8, 4) is 22.6 Å². The van der Waals surface area contributed by atoms with E-state index in [1.165, 1.54) is 0 Å².